The Morgan fingerprint density at radius 3 is 2.70 bits per heavy atom. The second kappa shape index (κ2) is 10.3. The summed E-state index contributed by atoms with van der Waals surface area (Å²) in [6.45, 7) is 5.88. The third kappa shape index (κ3) is 5.52. The van der Waals surface area contributed by atoms with E-state index in [2.05, 4.69) is 24.5 Å². The maximum Gasteiger partial charge on any atom is 0.257 e. The van der Waals surface area contributed by atoms with Crippen molar-refractivity contribution in [3.63, 3.8) is 0 Å². The lowest BCUT2D eigenvalue weighted by atomic mass is 10.0. The second-order valence-corrected chi connectivity index (χ2v) is 8.74. The Hall–Kier alpha value is -2.12. The number of nitrogens with zero attached hydrogens (tertiary/aromatic N) is 1. The van der Waals surface area contributed by atoms with Gasteiger partial charge in [-0.25, -0.2) is 0 Å². The molecule has 1 fully saturated rings. The molecule has 1 aliphatic carbocycles. The first-order chi connectivity index (χ1) is 14.4. The van der Waals surface area contributed by atoms with Gasteiger partial charge in [0.2, 0.25) is 5.91 Å². The van der Waals surface area contributed by atoms with Crippen LogP contribution in [0.3, 0.4) is 0 Å². The van der Waals surface area contributed by atoms with Gasteiger partial charge in [0, 0.05) is 44.9 Å². The van der Waals surface area contributed by atoms with E-state index in [1.807, 2.05) is 6.07 Å². The summed E-state index contributed by atoms with van der Waals surface area (Å²) in [5.74, 6) is 0.730. The quantitative estimate of drug-likeness (QED) is 0.791. The summed E-state index contributed by atoms with van der Waals surface area (Å²) in [5.41, 5.74) is 1.09. The fourth-order valence-corrected chi connectivity index (χ4v) is 4.17. The number of amides is 2. The third-order valence-corrected chi connectivity index (χ3v) is 6.22. The molecule has 2 aliphatic rings. The molecule has 3 rings (SSSR count). The number of nitrogens with one attached hydrogen (secondary N) is 2. The van der Waals surface area contributed by atoms with E-state index in [0.29, 0.717) is 30.2 Å². The molecule has 7 heteroatoms. The number of hydrogen-bond acceptors (Lipinski definition) is 5. The van der Waals surface area contributed by atoms with Gasteiger partial charge in [0.25, 0.3) is 5.91 Å². The van der Waals surface area contributed by atoms with E-state index in [4.69, 9.17) is 9.47 Å². The SMILES string of the molecule is CO[C@@H]1CN(C)C(=O)c2cc(NC(=O)C3CCCC3)ccc2OC[C@H](C)NC[C@@H]1C. The van der Waals surface area contributed by atoms with E-state index in [9.17, 15) is 9.59 Å². The molecule has 1 aromatic carbocycles. The van der Waals surface area contributed by atoms with E-state index in [0.717, 1.165) is 32.2 Å². The lowest BCUT2D eigenvalue weighted by Gasteiger charge is -2.30. The maximum absolute atomic E-state index is 13.3. The normalized spacial score (nSPS) is 26.3. The zero-order valence-corrected chi connectivity index (χ0v) is 18.6. The first kappa shape index (κ1) is 22.6. The van der Waals surface area contributed by atoms with Crippen molar-refractivity contribution in [1.29, 1.82) is 0 Å². The predicted octanol–water partition coefficient (Wildman–Crippen LogP) is 2.91. The highest BCUT2D eigenvalue weighted by Gasteiger charge is 2.27. The number of carbonyl (C=O) groups excluding carboxylic acids is 2. The van der Waals surface area contributed by atoms with Crippen molar-refractivity contribution < 1.29 is 19.1 Å². The number of ether oxygens (including phenoxy) is 2. The van der Waals surface area contributed by atoms with Gasteiger partial charge in [-0.05, 0) is 43.9 Å². The molecule has 1 heterocycles. The molecule has 30 heavy (non-hydrogen) atoms. The van der Waals surface area contributed by atoms with Crippen molar-refractivity contribution in [2.45, 2.75) is 51.7 Å². The number of anilines is 1. The number of likely N-dealkylation sites (N-methyl/N-ethyl adjacent to an activating group) is 1. The summed E-state index contributed by atoms with van der Waals surface area (Å²) < 4.78 is 11.6. The molecular weight excluding hydrogens is 382 g/mol. The van der Waals surface area contributed by atoms with Gasteiger partial charge in [0.1, 0.15) is 12.4 Å². The van der Waals surface area contributed by atoms with E-state index in [1.165, 1.54) is 0 Å². The highest BCUT2D eigenvalue weighted by atomic mass is 16.5. The number of hydrogen-bond donors (Lipinski definition) is 2. The zero-order chi connectivity index (χ0) is 21.7. The Bertz CT molecular complexity index is 748. The van der Waals surface area contributed by atoms with Crippen LogP contribution in [0.4, 0.5) is 5.69 Å². The van der Waals surface area contributed by atoms with E-state index < -0.39 is 0 Å². The molecule has 0 spiro atoms. The smallest absolute Gasteiger partial charge is 0.257 e. The largest absolute Gasteiger partial charge is 0.491 e. The van der Waals surface area contributed by atoms with Crippen LogP contribution < -0.4 is 15.4 Å². The summed E-state index contributed by atoms with van der Waals surface area (Å²) in [6.07, 6.45) is 3.99. The van der Waals surface area contributed by atoms with Crippen LogP contribution in [0.15, 0.2) is 18.2 Å². The molecule has 2 N–H and O–H groups in total. The fraction of sp³-hybridized carbons (Fsp3) is 0.652. The molecule has 0 bridgehead atoms. The number of carbonyl (C=O) groups is 2. The van der Waals surface area contributed by atoms with Crippen LogP contribution in [0.25, 0.3) is 0 Å². The van der Waals surface area contributed by atoms with Crippen molar-refractivity contribution >= 4 is 17.5 Å². The monoisotopic (exact) mass is 417 g/mol. The summed E-state index contributed by atoms with van der Waals surface area (Å²) in [5, 5.41) is 6.46. The van der Waals surface area contributed by atoms with E-state index >= 15 is 0 Å². The molecule has 0 radical (unpaired) electrons. The van der Waals surface area contributed by atoms with Crippen molar-refractivity contribution in [1.82, 2.24) is 10.2 Å². The summed E-state index contributed by atoms with van der Waals surface area (Å²) in [6, 6.07) is 5.45. The van der Waals surface area contributed by atoms with E-state index in [1.54, 1.807) is 31.2 Å². The molecule has 7 nitrogen and oxygen atoms in total. The summed E-state index contributed by atoms with van der Waals surface area (Å²) in [4.78, 5) is 27.5. The van der Waals surface area contributed by atoms with Gasteiger partial charge in [-0.15, -0.1) is 0 Å². The van der Waals surface area contributed by atoms with Crippen LogP contribution in [0.2, 0.25) is 0 Å². The lowest BCUT2D eigenvalue weighted by Crippen LogP contribution is -2.44. The van der Waals surface area contributed by atoms with Crippen LogP contribution in [-0.4, -0.2) is 62.7 Å². The minimum Gasteiger partial charge on any atom is -0.491 e. The zero-order valence-electron chi connectivity index (χ0n) is 18.6. The number of fused-ring (bicyclic) bond motifs is 1. The second-order valence-electron chi connectivity index (χ2n) is 8.74. The van der Waals surface area contributed by atoms with Gasteiger partial charge >= 0.3 is 0 Å². The Morgan fingerprint density at radius 2 is 2.00 bits per heavy atom. The number of methoxy groups -OCH3 is 1. The van der Waals surface area contributed by atoms with E-state index in [-0.39, 0.29) is 35.8 Å². The molecular formula is C23H35N3O4. The number of rotatable bonds is 3. The van der Waals surface area contributed by atoms with Crippen molar-refractivity contribution in [3.8, 4) is 5.75 Å². The van der Waals surface area contributed by atoms with Gasteiger partial charge < -0.3 is 25.0 Å². The average Bonchev–Trinajstić information content (AvgIpc) is 3.28. The van der Waals surface area contributed by atoms with Crippen LogP contribution >= 0.6 is 0 Å². The predicted molar refractivity (Wildman–Crippen MR) is 117 cm³/mol. The molecule has 3 atom stereocenters. The van der Waals surface area contributed by atoms with Crippen LogP contribution in [0.5, 0.6) is 5.75 Å². The van der Waals surface area contributed by atoms with Gasteiger partial charge in [0.05, 0.1) is 11.7 Å². The molecule has 0 saturated heterocycles. The van der Waals surface area contributed by atoms with Crippen LogP contribution in [0, 0.1) is 11.8 Å². The molecule has 1 saturated carbocycles. The fourth-order valence-electron chi connectivity index (χ4n) is 4.17. The molecule has 0 unspecified atom stereocenters. The molecule has 166 valence electrons. The van der Waals surface area contributed by atoms with Gasteiger partial charge in [-0.2, -0.15) is 0 Å². The summed E-state index contributed by atoms with van der Waals surface area (Å²) >= 11 is 0. The minimum atomic E-state index is -0.141. The first-order valence-corrected chi connectivity index (χ1v) is 11.0. The standard InChI is InChI=1S/C23H35N3O4/c1-15-12-24-16(2)14-30-20-10-9-18(25-22(27)17-7-5-6-8-17)11-19(20)23(28)26(3)13-21(15)29-4/h9-11,15-17,21,24H,5-8,12-14H2,1-4H3,(H,25,27)/t15-,16-,21+/m0/s1. The Balaban J connectivity index is 1.85. The molecule has 0 aromatic heterocycles. The highest BCUT2D eigenvalue weighted by molar-refractivity contribution is 5.99. The Morgan fingerprint density at radius 1 is 1.27 bits per heavy atom. The Labute approximate surface area is 179 Å². The van der Waals surface area contributed by atoms with Crippen LogP contribution in [-0.2, 0) is 9.53 Å². The molecule has 2 amide bonds. The average molecular weight is 418 g/mol. The Kier molecular flexibility index (Phi) is 7.72. The minimum absolute atomic E-state index is 0.0356. The van der Waals surface area contributed by atoms with Crippen molar-refractivity contribution in [2.24, 2.45) is 11.8 Å². The first-order valence-electron chi connectivity index (χ1n) is 11.0. The van der Waals surface area contributed by atoms with Gasteiger partial charge in [-0.1, -0.05) is 19.8 Å². The van der Waals surface area contributed by atoms with Crippen molar-refractivity contribution in [2.75, 3.05) is 39.2 Å². The summed E-state index contributed by atoms with van der Waals surface area (Å²) in [7, 11) is 3.46. The van der Waals surface area contributed by atoms with Gasteiger partial charge in [0.15, 0.2) is 0 Å². The van der Waals surface area contributed by atoms with Crippen LogP contribution in [0.1, 0.15) is 49.9 Å². The van der Waals surface area contributed by atoms with Crippen molar-refractivity contribution in [3.05, 3.63) is 23.8 Å². The molecule has 1 aromatic rings. The topological polar surface area (TPSA) is 79.9 Å². The lowest BCUT2D eigenvalue weighted by molar-refractivity contribution is -0.119. The highest BCUT2D eigenvalue weighted by Crippen LogP contribution is 2.28. The van der Waals surface area contributed by atoms with Gasteiger partial charge in [-0.3, -0.25) is 9.59 Å². The number of benzene rings is 1. The third-order valence-electron chi connectivity index (χ3n) is 6.22. The molecule has 1 aliphatic heterocycles. The maximum atomic E-state index is 13.3.